The molecule has 0 bridgehead atoms. The highest BCUT2D eigenvalue weighted by Crippen LogP contribution is 2.12. The quantitative estimate of drug-likeness (QED) is 0.717. The van der Waals surface area contributed by atoms with E-state index in [-0.39, 0.29) is 18.4 Å². The van der Waals surface area contributed by atoms with Crippen LogP contribution in [0, 0.1) is 0 Å². The first-order valence-corrected chi connectivity index (χ1v) is 5.82. The second kappa shape index (κ2) is 5.84. The van der Waals surface area contributed by atoms with Gasteiger partial charge in [0, 0.05) is 19.1 Å². The number of carbonyl (C=O) groups is 2. The summed E-state index contributed by atoms with van der Waals surface area (Å²) in [5, 5.41) is 11.7. The zero-order chi connectivity index (χ0) is 12.1. The van der Waals surface area contributed by atoms with Crippen LogP contribution < -0.4 is 5.32 Å². The maximum Gasteiger partial charge on any atom is 0.305 e. The number of unbranched alkanes of at least 4 members (excludes halogenated alkanes) is 1. The minimum absolute atomic E-state index is 0.0744. The average molecular weight is 228 g/mol. The van der Waals surface area contributed by atoms with E-state index in [1.165, 1.54) is 0 Å². The molecule has 5 heteroatoms. The molecule has 0 spiro atoms. The number of aliphatic carboxylic acids is 1. The van der Waals surface area contributed by atoms with Gasteiger partial charge in [-0.3, -0.25) is 9.59 Å². The van der Waals surface area contributed by atoms with Gasteiger partial charge >= 0.3 is 5.97 Å². The molecule has 1 aliphatic rings. The van der Waals surface area contributed by atoms with Crippen LogP contribution in [0.4, 0.5) is 0 Å². The number of carboxylic acid groups (broad SMARTS) is 1. The first kappa shape index (κ1) is 13.0. The van der Waals surface area contributed by atoms with Crippen molar-refractivity contribution >= 4 is 11.9 Å². The molecular formula is C11H20N2O3. The van der Waals surface area contributed by atoms with Gasteiger partial charge in [0.2, 0.25) is 5.91 Å². The van der Waals surface area contributed by atoms with Gasteiger partial charge in [-0.25, -0.2) is 0 Å². The van der Waals surface area contributed by atoms with Crippen LogP contribution in [0.3, 0.4) is 0 Å². The van der Waals surface area contributed by atoms with Crippen molar-refractivity contribution < 1.29 is 14.7 Å². The van der Waals surface area contributed by atoms with E-state index < -0.39 is 12.0 Å². The molecule has 5 nitrogen and oxygen atoms in total. The van der Waals surface area contributed by atoms with Crippen LogP contribution in [0.15, 0.2) is 0 Å². The van der Waals surface area contributed by atoms with Crippen molar-refractivity contribution in [2.75, 3.05) is 13.1 Å². The molecule has 1 heterocycles. The van der Waals surface area contributed by atoms with Gasteiger partial charge in [0.05, 0.1) is 12.5 Å². The van der Waals surface area contributed by atoms with Crippen LogP contribution >= 0.6 is 0 Å². The van der Waals surface area contributed by atoms with Crippen molar-refractivity contribution in [1.82, 2.24) is 10.2 Å². The third-order valence-corrected chi connectivity index (χ3v) is 2.90. The Labute approximate surface area is 95.8 Å². The normalized spacial score (nSPS) is 25.9. The summed E-state index contributed by atoms with van der Waals surface area (Å²) in [7, 11) is 0. The molecule has 0 aromatic rings. The summed E-state index contributed by atoms with van der Waals surface area (Å²) in [5.74, 6) is -1.01. The fourth-order valence-electron chi connectivity index (χ4n) is 1.92. The predicted molar refractivity (Wildman–Crippen MR) is 60.1 cm³/mol. The Hall–Kier alpha value is -1.10. The van der Waals surface area contributed by atoms with Crippen LogP contribution in [-0.4, -0.2) is 47.1 Å². The lowest BCUT2D eigenvalue weighted by molar-refractivity contribution is -0.145. The predicted octanol–water partition coefficient (Wildman–Crippen LogP) is 0.450. The molecule has 0 saturated carbocycles. The van der Waals surface area contributed by atoms with Crippen molar-refractivity contribution in [2.24, 2.45) is 0 Å². The fourth-order valence-corrected chi connectivity index (χ4v) is 1.92. The summed E-state index contributed by atoms with van der Waals surface area (Å²) in [6.45, 7) is 5.46. The van der Waals surface area contributed by atoms with Crippen LogP contribution in [-0.2, 0) is 9.59 Å². The van der Waals surface area contributed by atoms with Crippen molar-refractivity contribution in [3.63, 3.8) is 0 Å². The molecular weight excluding hydrogens is 208 g/mol. The lowest BCUT2D eigenvalue weighted by Gasteiger charge is -2.38. The summed E-state index contributed by atoms with van der Waals surface area (Å²) in [6.07, 6.45) is 1.87. The largest absolute Gasteiger partial charge is 0.481 e. The molecule has 2 atom stereocenters. The molecule has 1 fully saturated rings. The van der Waals surface area contributed by atoms with E-state index in [2.05, 4.69) is 12.2 Å². The minimum Gasteiger partial charge on any atom is -0.481 e. The number of hydrogen-bond donors (Lipinski definition) is 2. The van der Waals surface area contributed by atoms with Gasteiger partial charge in [0.1, 0.15) is 0 Å². The molecule has 0 aromatic heterocycles. The first-order chi connectivity index (χ1) is 7.56. The van der Waals surface area contributed by atoms with Crippen LogP contribution in [0.2, 0.25) is 0 Å². The maximum absolute atomic E-state index is 12.0. The highest BCUT2D eigenvalue weighted by atomic mass is 16.4. The second-order valence-electron chi connectivity index (χ2n) is 4.29. The highest BCUT2D eigenvalue weighted by molar-refractivity contribution is 5.87. The van der Waals surface area contributed by atoms with Crippen LogP contribution in [0.5, 0.6) is 0 Å². The Kier molecular flexibility index (Phi) is 4.73. The Morgan fingerprint density at radius 3 is 2.88 bits per heavy atom. The van der Waals surface area contributed by atoms with E-state index in [4.69, 9.17) is 5.11 Å². The molecule has 1 amide bonds. The van der Waals surface area contributed by atoms with Crippen molar-refractivity contribution in [1.29, 1.82) is 0 Å². The second-order valence-corrected chi connectivity index (χ2v) is 4.29. The molecule has 92 valence electrons. The summed E-state index contributed by atoms with van der Waals surface area (Å²) in [5.41, 5.74) is 0. The lowest BCUT2D eigenvalue weighted by atomic mass is 10.1. The Bertz CT molecular complexity index is 268. The Balaban J connectivity index is 2.59. The van der Waals surface area contributed by atoms with Gasteiger partial charge in [-0.2, -0.15) is 0 Å². The van der Waals surface area contributed by atoms with Gasteiger partial charge in [-0.05, 0) is 13.3 Å². The summed E-state index contributed by atoms with van der Waals surface area (Å²) < 4.78 is 0. The molecule has 0 aliphatic carbocycles. The number of carbonyl (C=O) groups excluding carboxylic acids is 1. The van der Waals surface area contributed by atoms with Gasteiger partial charge < -0.3 is 15.3 Å². The van der Waals surface area contributed by atoms with Gasteiger partial charge in [-0.1, -0.05) is 13.3 Å². The highest BCUT2D eigenvalue weighted by Gasteiger charge is 2.33. The third kappa shape index (κ3) is 3.20. The van der Waals surface area contributed by atoms with Crippen molar-refractivity contribution in [3.05, 3.63) is 0 Å². The third-order valence-electron chi connectivity index (χ3n) is 2.90. The van der Waals surface area contributed by atoms with Gasteiger partial charge in [-0.15, -0.1) is 0 Å². The first-order valence-electron chi connectivity index (χ1n) is 5.82. The molecule has 0 radical (unpaired) electrons. The van der Waals surface area contributed by atoms with E-state index in [9.17, 15) is 9.59 Å². The number of hydrogen-bond acceptors (Lipinski definition) is 3. The lowest BCUT2D eigenvalue weighted by Crippen LogP contribution is -2.59. The van der Waals surface area contributed by atoms with Crippen LogP contribution in [0.1, 0.15) is 33.1 Å². The molecule has 1 aliphatic heterocycles. The monoisotopic (exact) mass is 228 g/mol. The number of nitrogens with one attached hydrogen (secondary N) is 1. The van der Waals surface area contributed by atoms with Gasteiger partial charge in [0.25, 0.3) is 0 Å². The summed E-state index contributed by atoms with van der Waals surface area (Å²) >= 11 is 0. The molecule has 0 aromatic carbocycles. The molecule has 2 unspecified atom stereocenters. The van der Waals surface area contributed by atoms with Gasteiger partial charge in [0.15, 0.2) is 0 Å². The Morgan fingerprint density at radius 1 is 1.62 bits per heavy atom. The number of piperazine rings is 1. The summed E-state index contributed by atoms with van der Waals surface area (Å²) in [6, 6.07) is -0.394. The molecule has 16 heavy (non-hydrogen) atoms. The number of rotatable bonds is 5. The number of amides is 1. The standard InChI is InChI=1S/C11H20N2O3/c1-3-4-5-13-8(2)7-12-9(11(13)16)6-10(14)15/h8-9,12H,3-7H2,1-2H3,(H,14,15). The van der Waals surface area contributed by atoms with Crippen LogP contribution in [0.25, 0.3) is 0 Å². The molecule has 1 rings (SSSR count). The fraction of sp³-hybridized carbons (Fsp3) is 0.818. The maximum atomic E-state index is 12.0. The number of nitrogens with zero attached hydrogens (tertiary/aromatic N) is 1. The SMILES string of the molecule is CCCCN1C(=O)C(CC(=O)O)NCC1C. The minimum atomic E-state index is -0.934. The Morgan fingerprint density at radius 2 is 2.31 bits per heavy atom. The van der Waals surface area contributed by atoms with E-state index in [0.29, 0.717) is 6.54 Å². The van der Waals surface area contributed by atoms with E-state index in [1.54, 1.807) is 4.90 Å². The zero-order valence-corrected chi connectivity index (χ0v) is 9.90. The molecule has 1 saturated heterocycles. The number of carboxylic acids is 1. The smallest absolute Gasteiger partial charge is 0.305 e. The average Bonchev–Trinajstić information content (AvgIpc) is 2.22. The molecule has 2 N–H and O–H groups in total. The summed E-state index contributed by atoms with van der Waals surface area (Å²) in [4.78, 5) is 24.4. The van der Waals surface area contributed by atoms with Crippen molar-refractivity contribution in [2.45, 2.75) is 45.2 Å². The zero-order valence-electron chi connectivity index (χ0n) is 9.90. The van der Waals surface area contributed by atoms with E-state index >= 15 is 0 Å². The van der Waals surface area contributed by atoms with Crippen molar-refractivity contribution in [3.8, 4) is 0 Å². The van der Waals surface area contributed by atoms with E-state index in [0.717, 1.165) is 19.4 Å². The topological polar surface area (TPSA) is 69.6 Å². The van der Waals surface area contributed by atoms with E-state index in [1.807, 2.05) is 6.92 Å².